The Morgan fingerprint density at radius 3 is 2.85 bits per heavy atom. The van der Waals surface area contributed by atoms with Crippen LogP contribution in [0.2, 0.25) is 0 Å². The van der Waals surface area contributed by atoms with Crippen LogP contribution < -0.4 is 11.1 Å². The Kier molecular flexibility index (Phi) is 4.50. The summed E-state index contributed by atoms with van der Waals surface area (Å²) in [5.41, 5.74) is 8.29. The molecule has 0 radical (unpaired) electrons. The molecular weight excluding hydrogens is 318 g/mol. The van der Waals surface area contributed by atoms with E-state index < -0.39 is 0 Å². The highest BCUT2D eigenvalue weighted by Gasteiger charge is 2.23. The van der Waals surface area contributed by atoms with Crippen molar-refractivity contribution in [3.63, 3.8) is 0 Å². The van der Waals surface area contributed by atoms with E-state index in [0.29, 0.717) is 12.1 Å². The molecule has 1 unspecified atom stereocenters. The molecule has 2 aromatic rings. The number of anilines is 2. The molecule has 0 aliphatic heterocycles. The van der Waals surface area contributed by atoms with Crippen molar-refractivity contribution >= 4 is 38.2 Å². The van der Waals surface area contributed by atoms with Crippen LogP contribution in [0.4, 0.5) is 11.4 Å². The van der Waals surface area contributed by atoms with Gasteiger partial charge in [0.2, 0.25) is 0 Å². The molecule has 2 rings (SSSR count). The monoisotopic (exact) mass is 337 g/mol. The Hall–Kier alpha value is -1.33. The second-order valence-corrected chi connectivity index (χ2v) is 6.18. The zero-order valence-electron chi connectivity index (χ0n) is 11.8. The molecule has 0 bridgehead atoms. The summed E-state index contributed by atoms with van der Waals surface area (Å²) in [7, 11) is 0. The van der Waals surface area contributed by atoms with Gasteiger partial charge in [-0.25, -0.2) is 0 Å². The normalized spacial score (nSPS) is 14.2. The smallest absolute Gasteiger partial charge is 0.0743 e. The predicted octanol–water partition coefficient (Wildman–Crippen LogP) is 3.54. The minimum atomic E-state index is -0.195. The number of hydrogen-bond acceptors (Lipinski definition) is 4. The number of hydrogen-bond donors (Lipinski definition) is 3. The maximum Gasteiger partial charge on any atom is 0.0743 e. The van der Waals surface area contributed by atoms with Crippen LogP contribution in [-0.4, -0.2) is 22.2 Å². The lowest BCUT2D eigenvalue weighted by atomic mass is 9.94. The van der Waals surface area contributed by atoms with Crippen molar-refractivity contribution in [3.05, 3.63) is 28.9 Å². The molecule has 0 amide bonds. The highest BCUT2D eigenvalue weighted by molar-refractivity contribution is 9.10. The summed E-state index contributed by atoms with van der Waals surface area (Å²) in [6, 6.07) is 5.93. The van der Waals surface area contributed by atoms with Gasteiger partial charge in [-0.05, 0) is 38.0 Å². The number of fused-ring (bicyclic) bond motifs is 1. The molecule has 108 valence electrons. The summed E-state index contributed by atoms with van der Waals surface area (Å²) in [4.78, 5) is 4.35. The van der Waals surface area contributed by atoms with E-state index in [-0.39, 0.29) is 12.1 Å². The lowest BCUT2D eigenvalue weighted by Gasteiger charge is -2.31. The van der Waals surface area contributed by atoms with Gasteiger partial charge in [0.15, 0.2) is 0 Å². The Morgan fingerprint density at radius 1 is 1.45 bits per heavy atom. The molecule has 4 N–H and O–H groups in total. The molecule has 1 aromatic carbocycles. The van der Waals surface area contributed by atoms with Crippen LogP contribution in [0.15, 0.2) is 28.9 Å². The second kappa shape index (κ2) is 5.97. The standard InChI is InChI=1S/C15H20BrN3O/c1-3-15(2,6-7-20)19-14-11-8-10(16)4-5-13(11)18-9-12(14)17/h4-5,8-9,20H,3,6-7,17H2,1-2H3,(H,18,19). The topological polar surface area (TPSA) is 71.2 Å². The fourth-order valence-corrected chi connectivity index (χ4v) is 2.56. The highest BCUT2D eigenvalue weighted by atomic mass is 79.9. The fourth-order valence-electron chi connectivity index (χ4n) is 2.20. The number of rotatable bonds is 5. The van der Waals surface area contributed by atoms with Crippen LogP contribution in [0.1, 0.15) is 26.7 Å². The number of aliphatic hydroxyl groups excluding tert-OH is 1. The molecule has 0 saturated heterocycles. The van der Waals surface area contributed by atoms with Crippen molar-refractivity contribution in [2.75, 3.05) is 17.7 Å². The Morgan fingerprint density at radius 2 is 2.20 bits per heavy atom. The van der Waals surface area contributed by atoms with Crippen LogP contribution in [0.5, 0.6) is 0 Å². The highest BCUT2D eigenvalue weighted by Crippen LogP contribution is 2.33. The Labute approximate surface area is 127 Å². The first-order valence-corrected chi connectivity index (χ1v) is 7.51. The third-order valence-corrected chi connectivity index (χ3v) is 4.22. The molecule has 1 atom stereocenters. The van der Waals surface area contributed by atoms with Crippen molar-refractivity contribution < 1.29 is 5.11 Å². The van der Waals surface area contributed by atoms with E-state index in [1.165, 1.54) is 0 Å². The zero-order valence-corrected chi connectivity index (χ0v) is 13.4. The summed E-state index contributed by atoms with van der Waals surface area (Å²) in [5.74, 6) is 0. The molecular formula is C15H20BrN3O. The molecule has 1 heterocycles. The summed E-state index contributed by atoms with van der Waals surface area (Å²) in [5, 5.41) is 13.7. The third kappa shape index (κ3) is 3.04. The average Bonchev–Trinajstić information content (AvgIpc) is 2.42. The lowest BCUT2D eigenvalue weighted by Crippen LogP contribution is -2.35. The van der Waals surface area contributed by atoms with E-state index in [2.05, 4.69) is 40.1 Å². The first-order chi connectivity index (χ1) is 9.49. The lowest BCUT2D eigenvalue weighted by molar-refractivity contribution is 0.252. The number of pyridine rings is 1. The molecule has 0 fully saturated rings. The van der Waals surface area contributed by atoms with E-state index in [0.717, 1.165) is 27.5 Å². The summed E-state index contributed by atoms with van der Waals surface area (Å²) in [6.45, 7) is 4.33. The first kappa shape index (κ1) is 15.1. The van der Waals surface area contributed by atoms with Crippen molar-refractivity contribution in [1.29, 1.82) is 0 Å². The van der Waals surface area contributed by atoms with Gasteiger partial charge in [-0.15, -0.1) is 0 Å². The van der Waals surface area contributed by atoms with Gasteiger partial charge in [-0.2, -0.15) is 0 Å². The molecule has 20 heavy (non-hydrogen) atoms. The molecule has 1 aromatic heterocycles. The Bertz CT molecular complexity index is 612. The minimum absolute atomic E-state index is 0.143. The zero-order chi connectivity index (χ0) is 14.8. The summed E-state index contributed by atoms with van der Waals surface area (Å²) < 4.78 is 0.987. The van der Waals surface area contributed by atoms with Crippen LogP contribution in [0.25, 0.3) is 10.9 Å². The average molecular weight is 338 g/mol. The Balaban J connectivity index is 2.52. The van der Waals surface area contributed by atoms with Gasteiger partial charge in [0, 0.05) is 22.0 Å². The fraction of sp³-hybridized carbons (Fsp3) is 0.400. The van der Waals surface area contributed by atoms with E-state index in [1.807, 2.05) is 18.2 Å². The van der Waals surface area contributed by atoms with E-state index >= 15 is 0 Å². The van der Waals surface area contributed by atoms with Crippen molar-refractivity contribution in [3.8, 4) is 0 Å². The maximum absolute atomic E-state index is 9.25. The third-order valence-electron chi connectivity index (χ3n) is 3.73. The minimum Gasteiger partial charge on any atom is -0.396 e. The number of nitrogens with one attached hydrogen (secondary N) is 1. The maximum atomic E-state index is 9.25. The van der Waals surface area contributed by atoms with Crippen LogP contribution in [0.3, 0.4) is 0 Å². The van der Waals surface area contributed by atoms with Gasteiger partial charge in [0.1, 0.15) is 0 Å². The van der Waals surface area contributed by atoms with E-state index in [4.69, 9.17) is 5.73 Å². The SMILES string of the molecule is CCC(C)(CCO)Nc1c(N)cnc2ccc(Br)cc12. The largest absolute Gasteiger partial charge is 0.396 e. The number of nitrogens with zero attached hydrogens (tertiary/aromatic N) is 1. The molecule has 0 aliphatic carbocycles. The van der Waals surface area contributed by atoms with Gasteiger partial charge in [0.05, 0.1) is 23.1 Å². The summed E-state index contributed by atoms with van der Waals surface area (Å²) >= 11 is 3.48. The molecule has 5 heteroatoms. The number of nitrogen functional groups attached to an aromatic ring is 1. The van der Waals surface area contributed by atoms with Gasteiger partial charge in [-0.3, -0.25) is 4.98 Å². The van der Waals surface area contributed by atoms with Crippen molar-refractivity contribution in [2.24, 2.45) is 0 Å². The van der Waals surface area contributed by atoms with Gasteiger partial charge in [0.25, 0.3) is 0 Å². The predicted molar refractivity (Wildman–Crippen MR) is 87.9 cm³/mol. The van der Waals surface area contributed by atoms with E-state index in [1.54, 1.807) is 6.20 Å². The number of aromatic nitrogens is 1. The number of nitrogens with two attached hydrogens (primary N) is 1. The van der Waals surface area contributed by atoms with Gasteiger partial charge >= 0.3 is 0 Å². The molecule has 0 spiro atoms. The number of aliphatic hydroxyl groups is 1. The van der Waals surface area contributed by atoms with Crippen LogP contribution >= 0.6 is 15.9 Å². The summed E-state index contributed by atoms with van der Waals surface area (Å²) in [6.07, 6.45) is 3.24. The number of halogens is 1. The quantitative estimate of drug-likeness (QED) is 0.780. The van der Waals surface area contributed by atoms with Crippen molar-refractivity contribution in [2.45, 2.75) is 32.2 Å². The second-order valence-electron chi connectivity index (χ2n) is 5.26. The molecule has 4 nitrogen and oxygen atoms in total. The van der Waals surface area contributed by atoms with Gasteiger partial charge in [-0.1, -0.05) is 22.9 Å². The molecule has 0 aliphatic rings. The molecule has 0 saturated carbocycles. The number of benzene rings is 1. The van der Waals surface area contributed by atoms with Gasteiger partial charge < -0.3 is 16.2 Å². The van der Waals surface area contributed by atoms with Crippen LogP contribution in [0, 0.1) is 0 Å². The first-order valence-electron chi connectivity index (χ1n) is 6.72. The van der Waals surface area contributed by atoms with Crippen LogP contribution in [-0.2, 0) is 0 Å². The van der Waals surface area contributed by atoms with E-state index in [9.17, 15) is 5.11 Å². The van der Waals surface area contributed by atoms with Crippen molar-refractivity contribution in [1.82, 2.24) is 4.98 Å².